The third-order valence-electron chi connectivity index (χ3n) is 2.54. The van der Waals surface area contributed by atoms with Gasteiger partial charge in [-0.05, 0) is 35.9 Å². The van der Waals surface area contributed by atoms with Crippen LogP contribution in [0, 0.1) is 5.82 Å². The quantitative estimate of drug-likeness (QED) is 0.500. The molecule has 2 amide bonds. The molecule has 0 bridgehead atoms. The van der Waals surface area contributed by atoms with Gasteiger partial charge in [0.1, 0.15) is 5.82 Å². The molecule has 0 unspecified atom stereocenters. The molecule has 0 aromatic heterocycles. The predicted octanol–water partition coefficient (Wildman–Crippen LogP) is 2.68. The number of carbonyl (C=O) groups excluding carboxylic acids is 2. The van der Waals surface area contributed by atoms with Crippen LogP contribution in [0.25, 0.3) is 0 Å². The summed E-state index contributed by atoms with van der Waals surface area (Å²) in [6, 6.07) is 12.4. The fourth-order valence-corrected chi connectivity index (χ4v) is 1.92. The van der Waals surface area contributed by atoms with Crippen molar-refractivity contribution in [1.82, 2.24) is 5.43 Å². The van der Waals surface area contributed by atoms with Gasteiger partial charge in [-0.1, -0.05) is 34.1 Å². The Bertz CT molecular complexity index is 717. The predicted molar refractivity (Wildman–Crippen MR) is 84.9 cm³/mol. The van der Waals surface area contributed by atoms with Crippen molar-refractivity contribution in [2.45, 2.75) is 0 Å². The van der Waals surface area contributed by atoms with Crippen molar-refractivity contribution in [1.29, 1.82) is 0 Å². The van der Waals surface area contributed by atoms with Crippen LogP contribution >= 0.6 is 15.9 Å². The van der Waals surface area contributed by atoms with Crippen molar-refractivity contribution in [3.8, 4) is 0 Å². The maximum absolute atomic E-state index is 12.7. The largest absolute Gasteiger partial charge is 0.329 e. The molecule has 0 aliphatic rings. The minimum atomic E-state index is -0.904. The van der Waals surface area contributed by atoms with Crippen LogP contribution in [0.1, 0.15) is 5.56 Å². The Kier molecular flexibility index (Phi) is 5.37. The van der Waals surface area contributed by atoms with Crippen molar-refractivity contribution in [2.24, 2.45) is 5.10 Å². The molecular formula is C15H11BrFN3O2. The van der Waals surface area contributed by atoms with E-state index in [-0.39, 0.29) is 5.82 Å². The number of carbonyl (C=O) groups is 2. The molecule has 22 heavy (non-hydrogen) atoms. The molecule has 112 valence electrons. The maximum atomic E-state index is 12.7. The Morgan fingerprint density at radius 2 is 1.82 bits per heavy atom. The van der Waals surface area contributed by atoms with Gasteiger partial charge in [-0.15, -0.1) is 0 Å². The first kappa shape index (κ1) is 15.8. The minimum absolute atomic E-state index is 0.366. The molecule has 7 heteroatoms. The molecule has 0 saturated carbocycles. The lowest BCUT2D eigenvalue weighted by Crippen LogP contribution is -2.32. The van der Waals surface area contributed by atoms with E-state index in [1.54, 1.807) is 24.3 Å². The molecule has 0 aliphatic heterocycles. The first-order chi connectivity index (χ1) is 10.5. The lowest BCUT2D eigenvalue weighted by molar-refractivity contribution is -0.136. The van der Waals surface area contributed by atoms with Gasteiger partial charge >= 0.3 is 11.8 Å². The molecule has 5 nitrogen and oxygen atoms in total. The molecule has 2 N–H and O–H groups in total. The van der Waals surface area contributed by atoms with Crippen LogP contribution in [0.15, 0.2) is 58.1 Å². The van der Waals surface area contributed by atoms with Crippen molar-refractivity contribution in [2.75, 3.05) is 5.32 Å². The zero-order valence-electron chi connectivity index (χ0n) is 11.2. The Labute approximate surface area is 134 Å². The van der Waals surface area contributed by atoms with Gasteiger partial charge in [-0.2, -0.15) is 5.10 Å². The monoisotopic (exact) mass is 363 g/mol. The number of anilines is 1. The topological polar surface area (TPSA) is 70.6 Å². The average molecular weight is 364 g/mol. The van der Waals surface area contributed by atoms with E-state index in [1.807, 2.05) is 0 Å². The second kappa shape index (κ2) is 7.46. The molecule has 2 rings (SSSR count). The first-order valence-corrected chi connectivity index (χ1v) is 6.99. The Morgan fingerprint density at radius 3 is 2.50 bits per heavy atom. The van der Waals surface area contributed by atoms with Gasteiger partial charge in [0.05, 0.1) is 6.21 Å². The third-order valence-corrected chi connectivity index (χ3v) is 3.03. The SMILES string of the molecule is O=C(NN=Cc1ccc(F)cc1)C(=O)Nc1cccc(Br)c1. The number of rotatable bonds is 3. The number of nitrogens with zero attached hydrogens (tertiary/aromatic N) is 1. The number of nitrogens with one attached hydrogen (secondary N) is 2. The second-order valence-corrected chi connectivity index (χ2v) is 5.13. The Morgan fingerprint density at radius 1 is 1.09 bits per heavy atom. The molecule has 0 aliphatic carbocycles. The van der Waals surface area contributed by atoms with Crippen molar-refractivity contribution in [3.05, 3.63) is 64.4 Å². The molecule has 0 radical (unpaired) electrons. The number of amides is 2. The van der Waals surface area contributed by atoms with Crippen LogP contribution in [0.2, 0.25) is 0 Å². The fraction of sp³-hybridized carbons (Fsp3) is 0. The standard InChI is InChI=1S/C15H11BrFN3O2/c16-11-2-1-3-13(8-11)19-14(21)15(22)20-18-9-10-4-6-12(17)7-5-10/h1-9H,(H,19,21)(H,20,22). The van der Waals surface area contributed by atoms with Gasteiger partial charge in [0, 0.05) is 10.2 Å². The molecule has 0 saturated heterocycles. The molecule has 0 spiro atoms. The van der Waals surface area contributed by atoms with Crippen molar-refractivity contribution < 1.29 is 14.0 Å². The van der Waals surface area contributed by atoms with Crippen molar-refractivity contribution >= 4 is 39.6 Å². The number of hydrogen-bond donors (Lipinski definition) is 2. The van der Waals surface area contributed by atoms with E-state index >= 15 is 0 Å². The summed E-state index contributed by atoms with van der Waals surface area (Å²) in [5.74, 6) is -2.11. The lowest BCUT2D eigenvalue weighted by atomic mass is 10.2. The summed E-state index contributed by atoms with van der Waals surface area (Å²) >= 11 is 3.26. The summed E-state index contributed by atoms with van der Waals surface area (Å²) in [6.45, 7) is 0. The summed E-state index contributed by atoms with van der Waals surface area (Å²) < 4.78 is 13.5. The average Bonchev–Trinajstić information content (AvgIpc) is 2.49. The smallest absolute Gasteiger partial charge is 0.318 e. The van der Waals surface area contributed by atoms with E-state index < -0.39 is 11.8 Å². The molecule has 2 aromatic rings. The normalized spacial score (nSPS) is 10.5. The summed E-state index contributed by atoms with van der Waals surface area (Å²) in [7, 11) is 0. The number of halogens is 2. The van der Waals surface area contributed by atoms with E-state index in [4.69, 9.17) is 0 Å². The van der Waals surface area contributed by atoms with Gasteiger partial charge in [0.25, 0.3) is 0 Å². The summed E-state index contributed by atoms with van der Waals surface area (Å²) in [5, 5.41) is 6.07. The zero-order valence-corrected chi connectivity index (χ0v) is 12.8. The highest BCUT2D eigenvalue weighted by Crippen LogP contribution is 2.15. The fourth-order valence-electron chi connectivity index (χ4n) is 1.52. The minimum Gasteiger partial charge on any atom is -0.318 e. The van der Waals surface area contributed by atoms with Crippen molar-refractivity contribution in [3.63, 3.8) is 0 Å². The third kappa shape index (κ3) is 4.78. The molecule has 0 atom stereocenters. The molecule has 0 heterocycles. The van der Waals surface area contributed by atoms with E-state index in [0.717, 1.165) is 4.47 Å². The maximum Gasteiger partial charge on any atom is 0.329 e. The highest BCUT2D eigenvalue weighted by Gasteiger charge is 2.12. The van der Waals surface area contributed by atoms with Gasteiger partial charge in [-0.25, -0.2) is 9.82 Å². The second-order valence-electron chi connectivity index (χ2n) is 4.22. The van der Waals surface area contributed by atoms with Crippen LogP contribution in [0.4, 0.5) is 10.1 Å². The van der Waals surface area contributed by atoms with E-state index in [9.17, 15) is 14.0 Å². The van der Waals surface area contributed by atoms with Crippen LogP contribution in [0.5, 0.6) is 0 Å². The molecular weight excluding hydrogens is 353 g/mol. The van der Waals surface area contributed by atoms with E-state index in [1.165, 1.54) is 30.5 Å². The Hall–Kier alpha value is -2.54. The molecule has 2 aromatic carbocycles. The van der Waals surface area contributed by atoms with Gasteiger partial charge in [0.2, 0.25) is 0 Å². The zero-order chi connectivity index (χ0) is 15.9. The van der Waals surface area contributed by atoms with Gasteiger partial charge in [0.15, 0.2) is 0 Å². The summed E-state index contributed by atoms with van der Waals surface area (Å²) in [6.07, 6.45) is 1.31. The molecule has 0 fully saturated rings. The highest BCUT2D eigenvalue weighted by atomic mass is 79.9. The van der Waals surface area contributed by atoms with Crippen LogP contribution in [0.3, 0.4) is 0 Å². The summed E-state index contributed by atoms with van der Waals surface area (Å²) in [5.41, 5.74) is 3.17. The Balaban J connectivity index is 1.89. The van der Waals surface area contributed by atoms with Crippen LogP contribution < -0.4 is 10.7 Å². The van der Waals surface area contributed by atoms with Gasteiger partial charge in [-0.3, -0.25) is 9.59 Å². The van der Waals surface area contributed by atoms with Gasteiger partial charge < -0.3 is 5.32 Å². The number of hydrazone groups is 1. The highest BCUT2D eigenvalue weighted by molar-refractivity contribution is 9.10. The number of hydrogen-bond acceptors (Lipinski definition) is 3. The van der Waals surface area contributed by atoms with Crippen LogP contribution in [-0.4, -0.2) is 18.0 Å². The summed E-state index contributed by atoms with van der Waals surface area (Å²) in [4.78, 5) is 23.2. The number of benzene rings is 2. The lowest BCUT2D eigenvalue weighted by Gasteiger charge is -2.04. The van der Waals surface area contributed by atoms with E-state index in [0.29, 0.717) is 11.3 Å². The van der Waals surface area contributed by atoms with E-state index in [2.05, 4.69) is 31.8 Å². The first-order valence-electron chi connectivity index (χ1n) is 6.20. The van der Waals surface area contributed by atoms with Crippen LogP contribution in [-0.2, 0) is 9.59 Å².